The Bertz CT molecular complexity index is 816. The maximum absolute atomic E-state index is 12.6. The Morgan fingerprint density at radius 1 is 1.22 bits per heavy atom. The molecule has 1 fully saturated rings. The monoisotopic (exact) mass is 398 g/mol. The number of amides is 1. The largest absolute Gasteiger partial charge is 0.419 e. The smallest absolute Gasteiger partial charge is 0.326 e. The van der Waals surface area contributed by atoms with E-state index in [-0.39, 0.29) is 11.8 Å². The van der Waals surface area contributed by atoms with Crippen LogP contribution in [-0.4, -0.2) is 19.0 Å². The van der Waals surface area contributed by atoms with Crippen LogP contribution in [0.3, 0.4) is 0 Å². The molecule has 2 heterocycles. The number of rotatable bonds is 3. The summed E-state index contributed by atoms with van der Waals surface area (Å²) in [6, 6.07) is 7.86. The van der Waals surface area contributed by atoms with E-state index in [1.54, 1.807) is 12.1 Å². The Kier molecular flexibility index (Phi) is 5.60. The van der Waals surface area contributed by atoms with Crippen molar-refractivity contribution in [2.75, 3.05) is 23.3 Å². The summed E-state index contributed by atoms with van der Waals surface area (Å²) in [5.74, 6) is 0.415. The van der Waals surface area contributed by atoms with E-state index < -0.39 is 11.7 Å². The van der Waals surface area contributed by atoms with Crippen molar-refractivity contribution in [1.29, 1.82) is 0 Å². The van der Waals surface area contributed by atoms with Gasteiger partial charge in [-0.25, -0.2) is 4.98 Å². The lowest BCUT2D eigenvalue weighted by Crippen LogP contribution is -2.40. The summed E-state index contributed by atoms with van der Waals surface area (Å²) in [7, 11) is 0. The molecule has 1 saturated heterocycles. The Morgan fingerprint density at radius 3 is 2.52 bits per heavy atom. The molecule has 1 aromatic heterocycles. The number of nitrogens with zero attached hydrogens (tertiary/aromatic N) is 1. The van der Waals surface area contributed by atoms with Crippen molar-refractivity contribution in [2.45, 2.75) is 25.9 Å². The summed E-state index contributed by atoms with van der Waals surface area (Å²) in [6.07, 6.45) is -2.14. The van der Waals surface area contributed by atoms with Gasteiger partial charge < -0.3 is 5.32 Å². The molecule has 0 atom stereocenters. The quantitative estimate of drug-likeness (QED) is 0.836. The van der Waals surface area contributed by atoms with Gasteiger partial charge in [0.2, 0.25) is 5.91 Å². The lowest BCUT2D eigenvalue weighted by atomic mass is 9.95. The number of hydrogen-bond donors (Lipinski definition) is 1. The Hall–Kier alpha value is -2.28. The van der Waals surface area contributed by atoms with Crippen LogP contribution in [0.2, 0.25) is 5.02 Å². The molecule has 2 aromatic rings. The molecule has 0 radical (unpaired) electrons. The first kappa shape index (κ1) is 19.5. The van der Waals surface area contributed by atoms with Gasteiger partial charge in [0.05, 0.1) is 18.7 Å². The van der Waals surface area contributed by atoms with Gasteiger partial charge in [0.15, 0.2) is 0 Å². The summed E-state index contributed by atoms with van der Waals surface area (Å²) in [4.78, 5) is 17.2. The van der Waals surface area contributed by atoms with Crippen molar-refractivity contribution >= 4 is 29.0 Å². The number of hydrogen-bond acceptors (Lipinski definition) is 2. The van der Waals surface area contributed by atoms with Gasteiger partial charge in [0.1, 0.15) is 6.20 Å². The number of aromatic nitrogens is 1. The number of anilines is 2. The average Bonchev–Trinajstić information content (AvgIpc) is 2.65. The first-order chi connectivity index (χ1) is 12.8. The molecule has 2 N–H and O–H groups in total. The van der Waals surface area contributed by atoms with Gasteiger partial charge in [0.25, 0.3) is 5.82 Å². The molecule has 27 heavy (non-hydrogen) atoms. The predicted octanol–water partition coefficient (Wildman–Crippen LogP) is 4.34. The number of carbonyl (C=O) groups excluding carboxylic acids is 1. The van der Waals surface area contributed by atoms with Crippen LogP contribution >= 0.6 is 11.6 Å². The van der Waals surface area contributed by atoms with Crippen LogP contribution in [0.15, 0.2) is 36.5 Å². The normalized spacial score (nSPS) is 15.7. The van der Waals surface area contributed by atoms with Crippen LogP contribution < -0.4 is 15.2 Å². The van der Waals surface area contributed by atoms with Crippen LogP contribution in [0.25, 0.3) is 0 Å². The number of nitrogens with one attached hydrogen (secondary N) is 2. The highest BCUT2D eigenvalue weighted by atomic mass is 35.5. The SMILES string of the molecule is Cc1c(Cl)cccc1NC(=O)C1CCN(c2ccc(C(F)(F)F)c[nH+]2)CC1. The molecule has 1 aliphatic heterocycles. The topological polar surface area (TPSA) is 46.5 Å². The van der Waals surface area contributed by atoms with Crippen molar-refractivity contribution in [1.82, 2.24) is 0 Å². The minimum Gasteiger partial charge on any atom is -0.326 e. The summed E-state index contributed by atoms with van der Waals surface area (Å²) >= 11 is 6.08. The number of carbonyl (C=O) groups is 1. The van der Waals surface area contributed by atoms with Crippen LogP contribution in [-0.2, 0) is 11.0 Å². The molecule has 1 amide bonds. The lowest BCUT2D eigenvalue weighted by Gasteiger charge is -2.27. The molecule has 1 aromatic carbocycles. The van der Waals surface area contributed by atoms with Crippen LogP contribution in [0.4, 0.5) is 24.7 Å². The average molecular weight is 399 g/mol. The zero-order valence-electron chi connectivity index (χ0n) is 14.7. The first-order valence-corrected chi connectivity index (χ1v) is 9.03. The van der Waals surface area contributed by atoms with Crippen molar-refractivity contribution < 1.29 is 22.9 Å². The molecule has 4 nitrogen and oxygen atoms in total. The van der Waals surface area contributed by atoms with Crippen LogP contribution in [0.5, 0.6) is 0 Å². The number of benzene rings is 1. The Labute approximate surface area is 160 Å². The third-order valence-electron chi connectivity index (χ3n) is 4.86. The zero-order valence-corrected chi connectivity index (χ0v) is 15.5. The van der Waals surface area contributed by atoms with Gasteiger partial charge in [0, 0.05) is 22.7 Å². The number of halogens is 4. The highest BCUT2D eigenvalue weighted by molar-refractivity contribution is 6.31. The van der Waals surface area contributed by atoms with Crippen molar-refractivity contribution in [3.05, 3.63) is 52.7 Å². The van der Waals surface area contributed by atoms with E-state index in [1.807, 2.05) is 17.9 Å². The fraction of sp³-hybridized carbons (Fsp3) is 0.368. The molecule has 8 heteroatoms. The molecule has 3 rings (SSSR count). The second kappa shape index (κ2) is 7.76. The third kappa shape index (κ3) is 4.53. The van der Waals surface area contributed by atoms with Gasteiger partial charge in [-0.05, 0) is 43.5 Å². The molecule has 1 aliphatic rings. The minimum absolute atomic E-state index is 0.0589. The second-order valence-corrected chi connectivity index (χ2v) is 7.03. The van der Waals surface area contributed by atoms with Gasteiger partial charge in [-0.15, -0.1) is 0 Å². The lowest BCUT2D eigenvalue weighted by molar-refractivity contribution is -0.367. The Morgan fingerprint density at radius 2 is 1.93 bits per heavy atom. The Balaban J connectivity index is 1.58. The maximum Gasteiger partial charge on any atom is 0.419 e. The van der Waals surface area contributed by atoms with E-state index >= 15 is 0 Å². The number of aromatic amines is 1. The number of piperidine rings is 1. The summed E-state index contributed by atoms with van der Waals surface area (Å²) in [5, 5.41) is 3.52. The number of alkyl halides is 3. The van der Waals surface area contributed by atoms with E-state index in [4.69, 9.17) is 11.6 Å². The summed E-state index contributed by atoms with van der Waals surface area (Å²) in [6.45, 7) is 3.03. The zero-order chi connectivity index (χ0) is 19.6. The van der Waals surface area contributed by atoms with Crippen LogP contribution in [0.1, 0.15) is 24.0 Å². The molecular formula is C19H20ClF3N3O+. The maximum atomic E-state index is 12.6. The molecule has 0 bridgehead atoms. The van der Waals surface area contributed by atoms with E-state index in [0.717, 1.165) is 17.8 Å². The molecule has 0 saturated carbocycles. The fourth-order valence-electron chi connectivity index (χ4n) is 3.15. The van der Waals surface area contributed by atoms with Crippen molar-refractivity contribution in [3.8, 4) is 0 Å². The van der Waals surface area contributed by atoms with E-state index in [1.165, 1.54) is 6.07 Å². The van der Waals surface area contributed by atoms with Gasteiger partial charge in [-0.1, -0.05) is 17.7 Å². The summed E-state index contributed by atoms with van der Waals surface area (Å²) in [5.41, 5.74) is 0.813. The van der Waals surface area contributed by atoms with Gasteiger partial charge in [-0.2, -0.15) is 13.2 Å². The fourth-order valence-corrected chi connectivity index (χ4v) is 3.32. The number of pyridine rings is 1. The molecular weight excluding hydrogens is 379 g/mol. The third-order valence-corrected chi connectivity index (χ3v) is 5.27. The highest BCUT2D eigenvalue weighted by Gasteiger charge is 2.33. The minimum atomic E-state index is -4.36. The van der Waals surface area contributed by atoms with Gasteiger partial charge in [-0.3, -0.25) is 9.69 Å². The predicted molar refractivity (Wildman–Crippen MR) is 97.8 cm³/mol. The molecule has 0 unspecified atom stereocenters. The van der Waals surface area contributed by atoms with E-state index in [9.17, 15) is 18.0 Å². The van der Waals surface area contributed by atoms with Crippen molar-refractivity contribution in [2.24, 2.45) is 5.92 Å². The number of H-pyrrole nitrogens is 1. The molecule has 0 spiro atoms. The first-order valence-electron chi connectivity index (χ1n) is 8.65. The summed E-state index contributed by atoms with van der Waals surface area (Å²) < 4.78 is 37.9. The second-order valence-electron chi connectivity index (χ2n) is 6.62. The highest BCUT2D eigenvalue weighted by Crippen LogP contribution is 2.29. The van der Waals surface area contributed by atoms with E-state index in [0.29, 0.717) is 42.5 Å². The molecule has 144 valence electrons. The van der Waals surface area contributed by atoms with Gasteiger partial charge >= 0.3 is 6.18 Å². The van der Waals surface area contributed by atoms with Crippen LogP contribution in [0, 0.1) is 12.8 Å². The van der Waals surface area contributed by atoms with E-state index in [2.05, 4.69) is 10.3 Å². The van der Waals surface area contributed by atoms with Crippen molar-refractivity contribution in [3.63, 3.8) is 0 Å². The molecule has 0 aliphatic carbocycles. The standard InChI is InChI=1S/C19H19ClF3N3O/c1-12-15(20)3-2-4-16(12)25-18(27)13-7-9-26(10-8-13)17-6-5-14(11-24-17)19(21,22)23/h2-6,11,13H,7-10H2,1H3,(H,25,27)/p+1.